The van der Waals surface area contributed by atoms with Crippen LogP contribution >= 0.6 is 0 Å². The summed E-state index contributed by atoms with van der Waals surface area (Å²) in [5, 5.41) is 3.50. The second-order valence-electron chi connectivity index (χ2n) is 5.74. The van der Waals surface area contributed by atoms with E-state index in [2.05, 4.69) is 74.4 Å². The van der Waals surface area contributed by atoms with E-state index in [-0.39, 0.29) is 0 Å². The van der Waals surface area contributed by atoms with Crippen LogP contribution in [0.3, 0.4) is 0 Å². The Morgan fingerprint density at radius 2 is 1.74 bits per heavy atom. The van der Waals surface area contributed by atoms with Crippen molar-refractivity contribution in [2.75, 3.05) is 39.1 Å². The lowest BCUT2D eigenvalue weighted by molar-refractivity contribution is 0.401. The van der Waals surface area contributed by atoms with E-state index in [4.69, 9.17) is 0 Å². The van der Waals surface area contributed by atoms with Crippen LogP contribution in [-0.2, 0) is 6.54 Å². The number of rotatable bonds is 8. The standard InChI is InChI=1S/C16H29N3/c1-14(2)17-13-15-9-6-7-10-16(15)19(5)12-8-11-18(3)4/h6-7,9-10,14,17H,8,11-13H2,1-5H3. The predicted octanol–water partition coefficient (Wildman–Crippen LogP) is 2.57. The molecule has 0 saturated heterocycles. The highest BCUT2D eigenvalue weighted by Crippen LogP contribution is 2.19. The van der Waals surface area contributed by atoms with E-state index in [0.717, 1.165) is 19.6 Å². The van der Waals surface area contributed by atoms with Crippen LogP contribution in [0.15, 0.2) is 24.3 Å². The first kappa shape index (κ1) is 16.0. The minimum atomic E-state index is 0.520. The molecule has 108 valence electrons. The van der Waals surface area contributed by atoms with Gasteiger partial charge in [-0.05, 0) is 38.7 Å². The first-order chi connectivity index (χ1) is 9.00. The molecule has 0 fully saturated rings. The minimum Gasteiger partial charge on any atom is -0.374 e. The van der Waals surface area contributed by atoms with Gasteiger partial charge < -0.3 is 15.1 Å². The van der Waals surface area contributed by atoms with E-state index in [1.54, 1.807) is 0 Å². The van der Waals surface area contributed by atoms with Crippen molar-refractivity contribution in [1.29, 1.82) is 0 Å². The number of hydrogen-bond donors (Lipinski definition) is 1. The highest BCUT2D eigenvalue weighted by Gasteiger charge is 2.07. The van der Waals surface area contributed by atoms with Gasteiger partial charge in [0.05, 0.1) is 0 Å². The molecule has 1 rings (SSSR count). The zero-order valence-corrected chi connectivity index (χ0v) is 13.1. The van der Waals surface area contributed by atoms with Crippen LogP contribution in [0.2, 0.25) is 0 Å². The van der Waals surface area contributed by atoms with E-state index >= 15 is 0 Å². The molecular formula is C16H29N3. The Bertz CT molecular complexity index is 361. The molecule has 0 bridgehead atoms. The third-order valence-electron chi connectivity index (χ3n) is 3.20. The molecule has 1 aromatic rings. The number of nitrogens with one attached hydrogen (secondary N) is 1. The van der Waals surface area contributed by atoms with Crippen molar-refractivity contribution in [3.05, 3.63) is 29.8 Å². The fourth-order valence-electron chi connectivity index (χ4n) is 2.09. The van der Waals surface area contributed by atoms with Crippen LogP contribution in [0, 0.1) is 0 Å². The predicted molar refractivity (Wildman–Crippen MR) is 84.9 cm³/mol. The van der Waals surface area contributed by atoms with Gasteiger partial charge in [-0.15, -0.1) is 0 Å². The summed E-state index contributed by atoms with van der Waals surface area (Å²) in [6.07, 6.45) is 1.19. The molecule has 0 unspecified atom stereocenters. The maximum absolute atomic E-state index is 3.50. The summed E-state index contributed by atoms with van der Waals surface area (Å²) in [5.41, 5.74) is 2.72. The molecule has 0 spiro atoms. The highest BCUT2D eigenvalue weighted by atomic mass is 15.1. The van der Waals surface area contributed by atoms with Crippen molar-refractivity contribution in [3.8, 4) is 0 Å². The maximum atomic E-state index is 3.50. The van der Waals surface area contributed by atoms with Gasteiger partial charge in [0.2, 0.25) is 0 Å². The van der Waals surface area contributed by atoms with Gasteiger partial charge in [-0.1, -0.05) is 32.0 Å². The lowest BCUT2D eigenvalue weighted by atomic mass is 10.1. The molecule has 0 aliphatic heterocycles. The van der Waals surface area contributed by atoms with Crippen LogP contribution in [-0.4, -0.2) is 45.2 Å². The summed E-state index contributed by atoms with van der Waals surface area (Å²) >= 11 is 0. The Balaban J connectivity index is 2.59. The Morgan fingerprint density at radius 1 is 1.05 bits per heavy atom. The van der Waals surface area contributed by atoms with Gasteiger partial charge in [-0.2, -0.15) is 0 Å². The van der Waals surface area contributed by atoms with Crippen LogP contribution < -0.4 is 10.2 Å². The quantitative estimate of drug-likeness (QED) is 0.777. The zero-order valence-electron chi connectivity index (χ0n) is 13.1. The fourth-order valence-corrected chi connectivity index (χ4v) is 2.09. The number of hydrogen-bond acceptors (Lipinski definition) is 3. The van der Waals surface area contributed by atoms with Gasteiger partial charge in [0, 0.05) is 31.9 Å². The van der Waals surface area contributed by atoms with Gasteiger partial charge >= 0.3 is 0 Å². The van der Waals surface area contributed by atoms with Crippen molar-refractivity contribution >= 4 is 5.69 Å². The third kappa shape index (κ3) is 6.08. The lowest BCUT2D eigenvalue weighted by Gasteiger charge is -2.24. The molecule has 0 aromatic heterocycles. The molecule has 0 atom stereocenters. The monoisotopic (exact) mass is 263 g/mol. The second kappa shape index (κ2) is 8.18. The smallest absolute Gasteiger partial charge is 0.0409 e. The van der Waals surface area contributed by atoms with E-state index in [1.807, 2.05) is 0 Å². The zero-order chi connectivity index (χ0) is 14.3. The van der Waals surface area contributed by atoms with E-state index < -0.39 is 0 Å². The topological polar surface area (TPSA) is 18.5 Å². The fraction of sp³-hybridized carbons (Fsp3) is 0.625. The maximum Gasteiger partial charge on any atom is 0.0409 e. The molecule has 0 radical (unpaired) electrons. The highest BCUT2D eigenvalue weighted by molar-refractivity contribution is 5.52. The Kier molecular flexibility index (Phi) is 6.89. The summed E-state index contributed by atoms with van der Waals surface area (Å²) in [4.78, 5) is 4.60. The van der Waals surface area contributed by atoms with Crippen molar-refractivity contribution in [1.82, 2.24) is 10.2 Å². The molecule has 0 aliphatic carbocycles. The molecule has 19 heavy (non-hydrogen) atoms. The summed E-state index contributed by atoms with van der Waals surface area (Å²) < 4.78 is 0. The van der Waals surface area contributed by atoms with Gasteiger partial charge in [0.25, 0.3) is 0 Å². The molecule has 1 N–H and O–H groups in total. The summed E-state index contributed by atoms with van der Waals surface area (Å²) in [7, 11) is 6.44. The van der Waals surface area contributed by atoms with E-state index in [0.29, 0.717) is 6.04 Å². The first-order valence-electron chi connectivity index (χ1n) is 7.18. The van der Waals surface area contributed by atoms with Gasteiger partial charge in [-0.3, -0.25) is 0 Å². The Hall–Kier alpha value is -1.06. The third-order valence-corrected chi connectivity index (χ3v) is 3.20. The lowest BCUT2D eigenvalue weighted by Crippen LogP contribution is -2.26. The normalized spacial score (nSPS) is 11.3. The molecule has 0 aliphatic rings. The van der Waals surface area contributed by atoms with Crippen LogP contribution in [0.25, 0.3) is 0 Å². The number of anilines is 1. The molecule has 0 heterocycles. The summed E-state index contributed by atoms with van der Waals surface area (Å²) in [5.74, 6) is 0. The van der Waals surface area contributed by atoms with E-state index in [1.165, 1.54) is 17.7 Å². The van der Waals surface area contributed by atoms with Crippen LogP contribution in [0.4, 0.5) is 5.69 Å². The van der Waals surface area contributed by atoms with Crippen LogP contribution in [0.5, 0.6) is 0 Å². The van der Waals surface area contributed by atoms with Gasteiger partial charge in [0.15, 0.2) is 0 Å². The van der Waals surface area contributed by atoms with Gasteiger partial charge in [-0.25, -0.2) is 0 Å². The molecule has 1 aromatic carbocycles. The SMILES string of the molecule is CC(C)NCc1ccccc1N(C)CCCN(C)C. The molecular weight excluding hydrogens is 234 g/mol. The number of para-hydroxylation sites is 1. The van der Waals surface area contributed by atoms with Crippen molar-refractivity contribution in [2.24, 2.45) is 0 Å². The largest absolute Gasteiger partial charge is 0.374 e. The number of benzene rings is 1. The molecule has 3 nitrogen and oxygen atoms in total. The van der Waals surface area contributed by atoms with Crippen molar-refractivity contribution in [2.45, 2.75) is 32.9 Å². The van der Waals surface area contributed by atoms with Gasteiger partial charge in [0.1, 0.15) is 0 Å². The average Bonchev–Trinajstić information content (AvgIpc) is 2.36. The number of nitrogens with zero attached hydrogens (tertiary/aromatic N) is 2. The molecule has 0 amide bonds. The van der Waals surface area contributed by atoms with E-state index in [9.17, 15) is 0 Å². The Labute approximate surface area is 118 Å². The molecule has 0 saturated carbocycles. The average molecular weight is 263 g/mol. The summed E-state index contributed by atoms with van der Waals surface area (Å²) in [6.45, 7) is 7.53. The first-order valence-corrected chi connectivity index (χ1v) is 7.18. The van der Waals surface area contributed by atoms with Crippen molar-refractivity contribution < 1.29 is 0 Å². The summed E-state index contributed by atoms with van der Waals surface area (Å²) in [6, 6.07) is 9.19. The minimum absolute atomic E-state index is 0.520. The van der Waals surface area contributed by atoms with Crippen LogP contribution in [0.1, 0.15) is 25.8 Å². The Morgan fingerprint density at radius 3 is 2.37 bits per heavy atom. The molecule has 3 heteroatoms. The van der Waals surface area contributed by atoms with Crippen molar-refractivity contribution in [3.63, 3.8) is 0 Å². The second-order valence-corrected chi connectivity index (χ2v) is 5.74.